The number of hydrogen-bond acceptors (Lipinski definition) is 7. The number of aromatic nitrogens is 3. The van der Waals surface area contributed by atoms with E-state index in [1.165, 1.54) is 23.5 Å². The molecule has 0 unspecified atom stereocenters. The summed E-state index contributed by atoms with van der Waals surface area (Å²) in [6, 6.07) is 11.8. The normalized spacial score (nSPS) is 11.7. The minimum absolute atomic E-state index is 0.0537. The van der Waals surface area contributed by atoms with Crippen molar-refractivity contribution in [1.29, 1.82) is 0 Å². The van der Waals surface area contributed by atoms with Crippen molar-refractivity contribution in [2.24, 2.45) is 0 Å². The summed E-state index contributed by atoms with van der Waals surface area (Å²) in [5, 5.41) is 9.10. The molecule has 0 aliphatic carbocycles. The highest BCUT2D eigenvalue weighted by atomic mass is 32.1. The molecule has 0 aliphatic heterocycles. The van der Waals surface area contributed by atoms with Crippen LogP contribution in [0.15, 0.2) is 60.1 Å². The number of nitrogen functional groups attached to an aromatic ring is 1. The number of nitrogens with one attached hydrogen (secondary N) is 2. The molecule has 0 radical (unpaired) electrons. The highest BCUT2D eigenvalue weighted by Crippen LogP contribution is 2.34. The molecule has 11 heteroatoms. The monoisotopic (exact) mass is 494 g/mol. The average Bonchev–Trinajstić information content (AvgIpc) is 3.30. The minimum Gasteiger partial charge on any atom is -0.382 e. The predicted molar refractivity (Wildman–Crippen MR) is 131 cm³/mol. The van der Waals surface area contributed by atoms with Gasteiger partial charge in [-0.25, -0.2) is 15.0 Å². The van der Waals surface area contributed by atoms with E-state index in [-0.39, 0.29) is 11.6 Å². The maximum Gasteiger partial charge on any atom is 0.416 e. The number of pyridine rings is 1. The number of alkyl halides is 3. The first kappa shape index (κ1) is 22.5. The molecule has 5 rings (SSSR count). The van der Waals surface area contributed by atoms with Gasteiger partial charge in [0.1, 0.15) is 11.6 Å². The smallest absolute Gasteiger partial charge is 0.382 e. The maximum atomic E-state index is 13.0. The zero-order chi connectivity index (χ0) is 24.7. The number of amides is 1. The first-order valence-electron chi connectivity index (χ1n) is 10.4. The second kappa shape index (κ2) is 8.51. The standard InChI is InChI=1S/C24H17F3N6OS/c1-12-2-7-16-15(8-10-29-21(16)30-14-5-3-13(4-6-14)24(25,26)27)18(12)32-23(34)22-31-17-9-11-35-19(17)20(28)33-22/h2-11H,1H3,(H,29,30)(H,32,34)(H2,28,31,33). The number of nitrogens with zero attached hydrogens (tertiary/aromatic N) is 3. The van der Waals surface area contributed by atoms with E-state index in [9.17, 15) is 18.0 Å². The van der Waals surface area contributed by atoms with Crippen LogP contribution in [0.4, 0.5) is 36.2 Å². The highest BCUT2D eigenvalue weighted by Gasteiger charge is 2.30. The second-order valence-corrected chi connectivity index (χ2v) is 8.65. The summed E-state index contributed by atoms with van der Waals surface area (Å²) >= 11 is 1.40. The third-order valence-electron chi connectivity index (χ3n) is 5.40. The van der Waals surface area contributed by atoms with Crippen molar-refractivity contribution in [2.45, 2.75) is 13.1 Å². The number of anilines is 4. The van der Waals surface area contributed by atoms with E-state index in [1.54, 1.807) is 18.3 Å². The van der Waals surface area contributed by atoms with Crippen LogP contribution in [0.5, 0.6) is 0 Å². The van der Waals surface area contributed by atoms with Crippen LogP contribution in [0.25, 0.3) is 21.0 Å². The molecule has 0 aliphatic rings. The summed E-state index contributed by atoms with van der Waals surface area (Å²) in [5.74, 6) is 0.0892. The van der Waals surface area contributed by atoms with Gasteiger partial charge in [0.15, 0.2) is 0 Å². The highest BCUT2D eigenvalue weighted by molar-refractivity contribution is 7.17. The van der Waals surface area contributed by atoms with Crippen LogP contribution in [0.3, 0.4) is 0 Å². The fraction of sp³-hybridized carbons (Fsp3) is 0.0833. The number of carbonyl (C=O) groups excluding carboxylic acids is 1. The molecule has 2 aromatic carbocycles. The number of aryl methyl sites for hydroxylation is 1. The maximum absolute atomic E-state index is 13.0. The zero-order valence-electron chi connectivity index (χ0n) is 18.1. The lowest BCUT2D eigenvalue weighted by atomic mass is 10.1. The first-order valence-corrected chi connectivity index (χ1v) is 11.2. The third-order valence-corrected chi connectivity index (χ3v) is 6.33. The van der Waals surface area contributed by atoms with Crippen molar-refractivity contribution < 1.29 is 18.0 Å². The van der Waals surface area contributed by atoms with E-state index in [2.05, 4.69) is 25.6 Å². The molecule has 1 amide bonds. The topological polar surface area (TPSA) is 106 Å². The summed E-state index contributed by atoms with van der Waals surface area (Å²) in [4.78, 5) is 25.8. The lowest BCUT2D eigenvalue weighted by Gasteiger charge is -2.15. The Hall–Kier alpha value is -4.25. The van der Waals surface area contributed by atoms with Gasteiger partial charge >= 0.3 is 6.18 Å². The summed E-state index contributed by atoms with van der Waals surface area (Å²) < 4.78 is 39.3. The lowest BCUT2D eigenvalue weighted by Crippen LogP contribution is -2.17. The van der Waals surface area contributed by atoms with Crippen LogP contribution in [0, 0.1) is 6.92 Å². The summed E-state index contributed by atoms with van der Waals surface area (Å²) in [7, 11) is 0. The van der Waals surface area contributed by atoms with Gasteiger partial charge in [-0.1, -0.05) is 12.1 Å². The van der Waals surface area contributed by atoms with E-state index in [0.29, 0.717) is 38.2 Å². The van der Waals surface area contributed by atoms with Gasteiger partial charge in [-0.15, -0.1) is 11.3 Å². The number of rotatable bonds is 4. The fourth-order valence-electron chi connectivity index (χ4n) is 3.67. The Morgan fingerprint density at radius 3 is 2.51 bits per heavy atom. The van der Waals surface area contributed by atoms with Gasteiger partial charge < -0.3 is 16.4 Å². The van der Waals surface area contributed by atoms with Gasteiger partial charge in [-0.05, 0) is 54.3 Å². The first-order chi connectivity index (χ1) is 16.7. The number of thiophene rings is 1. The molecule has 0 spiro atoms. The molecular formula is C24H17F3N6OS. The van der Waals surface area contributed by atoms with Crippen molar-refractivity contribution in [3.05, 3.63) is 77.1 Å². The Labute approximate surface area is 200 Å². The van der Waals surface area contributed by atoms with E-state index in [1.807, 2.05) is 24.4 Å². The van der Waals surface area contributed by atoms with Gasteiger partial charge in [0.05, 0.1) is 21.5 Å². The number of hydrogen-bond donors (Lipinski definition) is 3. The van der Waals surface area contributed by atoms with Gasteiger partial charge in [0, 0.05) is 22.7 Å². The summed E-state index contributed by atoms with van der Waals surface area (Å²) in [6.07, 6.45) is -2.86. The second-order valence-electron chi connectivity index (χ2n) is 7.73. The predicted octanol–water partition coefficient (Wildman–Crippen LogP) is 6.14. The Morgan fingerprint density at radius 2 is 1.77 bits per heavy atom. The van der Waals surface area contributed by atoms with Crippen molar-refractivity contribution in [2.75, 3.05) is 16.4 Å². The molecular weight excluding hydrogens is 477 g/mol. The van der Waals surface area contributed by atoms with Crippen LogP contribution < -0.4 is 16.4 Å². The number of benzene rings is 2. The van der Waals surface area contributed by atoms with Crippen LogP contribution in [0.1, 0.15) is 21.7 Å². The molecule has 0 atom stereocenters. The Kier molecular flexibility index (Phi) is 5.48. The third kappa shape index (κ3) is 4.33. The van der Waals surface area contributed by atoms with Crippen LogP contribution >= 0.6 is 11.3 Å². The van der Waals surface area contributed by atoms with Crippen molar-refractivity contribution in [1.82, 2.24) is 15.0 Å². The average molecular weight is 495 g/mol. The SMILES string of the molecule is Cc1ccc2c(Nc3ccc(C(F)(F)F)cc3)nccc2c1NC(=O)c1nc(N)c2sccc2n1. The summed E-state index contributed by atoms with van der Waals surface area (Å²) in [6.45, 7) is 1.84. The van der Waals surface area contributed by atoms with Crippen molar-refractivity contribution in [3.8, 4) is 0 Å². The number of carbonyl (C=O) groups is 1. The molecule has 0 fully saturated rings. The molecule has 3 aromatic heterocycles. The van der Waals surface area contributed by atoms with E-state index in [0.717, 1.165) is 17.7 Å². The Balaban J connectivity index is 1.48. The van der Waals surface area contributed by atoms with E-state index in [4.69, 9.17) is 5.73 Å². The van der Waals surface area contributed by atoms with E-state index < -0.39 is 17.6 Å². The van der Waals surface area contributed by atoms with Crippen LogP contribution in [0.2, 0.25) is 0 Å². The van der Waals surface area contributed by atoms with Crippen LogP contribution in [-0.2, 0) is 6.18 Å². The Bertz CT molecular complexity index is 1580. The molecule has 0 bridgehead atoms. The molecule has 0 saturated carbocycles. The molecule has 3 heterocycles. The fourth-order valence-corrected chi connectivity index (χ4v) is 4.40. The number of nitrogens with two attached hydrogens (primary N) is 1. The summed E-state index contributed by atoms with van der Waals surface area (Å²) in [5.41, 5.74) is 7.61. The Morgan fingerprint density at radius 1 is 1.00 bits per heavy atom. The van der Waals surface area contributed by atoms with Gasteiger partial charge in [-0.3, -0.25) is 4.79 Å². The van der Waals surface area contributed by atoms with E-state index >= 15 is 0 Å². The lowest BCUT2D eigenvalue weighted by molar-refractivity contribution is -0.137. The molecule has 4 N–H and O–H groups in total. The zero-order valence-corrected chi connectivity index (χ0v) is 19.0. The largest absolute Gasteiger partial charge is 0.416 e. The number of halogens is 3. The number of fused-ring (bicyclic) bond motifs is 2. The van der Waals surface area contributed by atoms with Crippen molar-refractivity contribution in [3.63, 3.8) is 0 Å². The minimum atomic E-state index is -4.41. The van der Waals surface area contributed by atoms with Crippen molar-refractivity contribution >= 4 is 61.2 Å². The molecule has 0 saturated heterocycles. The van der Waals surface area contributed by atoms with Crippen LogP contribution in [-0.4, -0.2) is 20.9 Å². The molecule has 176 valence electrons. The molecule has 35 heavy (non-hydrogen) atoms. The quantitative estimate of drug-likeness (QED) is 0.277. The van der Waals surface area contributed by atoms with Gasteiger partial charge in [0.2, 0.25) is 5.82 Å². The van der Waals surface area contributed by atoms with Gasteiger partial charge in [-0.2, -0.15) is 13.2 Å². The van der Waals surface area contributed by atoms with Gasteiger partial charge in [0.25, 0.3) is 5.91 Å². The molecule has 5 aromatic rings. The molecule has 7 nitrogen and oxygen atoms in total.